The van der Waals surface area contributed by atoms with Crippen LogP contribution in [-0.2, 0) is 24.3 Å². The van der Waals surface area contributed by atoms with E-state index >= 15 is 0 Å². The zero-order valence-electron chi connectivity index (χ0n) is 19.9. The van der Waals surface area contributed by atoms with E-state index in [1.807, 2.05) is 20.8 Å². The van der Waals surface area contributed by atoms with Crippen molar-refractivity contribution < 1.29 is 9.72 Å². The van der Waals surface area contributed by atoms with Gasteiger partial charge >= 0.3 is 5.69 Å². The van der Waals surface area contributed by atoms with E-state index in [0.717, 1.165) is 12.8 Å². The molecule has 1 aromatic carbocycles. The molecule has 0 unspecified atom stereocenters. The van der Waals surface area contributed by atoms with E-state index in [9.17, 15) is 24.5 Å². The summed E-state index contributed by atoms with van der Waals surface area (Å²) in [7, 11) is 0. The summed E-state index contributed by atoms with van der Waals surface area (Å²) in [4.78, 5) is 55.3. The van der Waals surface area contributed by atoms with Gasteiger partial charge in [-0.05, 0) is 24.8 Å². The molecule has 34 heavy (non-hydrogen) atoms. The van der Waals surface area contributed by atoms with Crippen LogP contribution in [0.3, 0.4) is 0 Å². The number of aryl methyl sites for hydroxylation is 3. The number of nitrogens with zero attached hydrogens (tertiary/aromatic N) is 4. The minimum atomic E-state index is -0.515. The lowest BCUT2D eigenvalue weighted by molar-refractivity contribution is -0.384. The molecular formula is C23H30N6O5. The number of fused-ring (bicyclic) bond motifs is 1. The quantitative estimate of drug-likeness (QED) is 0.344. The number of H-pyrrole nitrogens is 1. The Hall–Kier alpha value is -3.76. The second-order valence-electron chi connectivity index (χ2n) is 8.77. The van der Waals surface area contributed by atoms with Crippen LogP contribution in [0, 0.1) is 23.0 Å². The number of benzene rings is 1. The third-order valence-corrected chi connectivity index (χ3v) is 5.53. The molecule has 0 aliphatic rings. The van der Waals surface area contributed by atoms with Gasteiger partial charge in [0.2, 0.25) is 5.91 Å². The molecule has 0 fully saturated rings. The molecule has 3 aromatic rings. The number of carbonyl (C=O) groups excluding carboxylic acids is 1. The minimum Gasteiger partial charge on any atom is -0.326 e. The fourth-order valence-corrected chi connectivity index (χ4v) is 3.79. The molecule has 0 bridgehead atoms. The fourth-order valence-electron chi connectivity index (χ4n) is 3.79. The Morgan fingerprint density at radius 2 is 2.00 bits per heavy atom. The summed E-state index contributed by atoms with van der Waals surface area (Å²) >= 11 is 0. The number of unbranched alkanes of at least 4 members (excludes halogenated alkanes) is 1. The van der Waals surface area contributed by atoms with E-state index < -0.39 is 16.2 Å². The second kappa shape index (κ2) is 10.4. The lowest BCUT2D eigenvalue weighted by Crippen LogP contribution is -2.31. The first kappa shape index (κ1) is 24.9. The summed E-state index contributed by atoms with van der Waals surface area (Å²) in [5.74, 6) is 0.410. The Morgan fingerprint density at radius 1 is 1.26 bits per heavy atom. The molecule has 0 atom stereocenters. The van der Waals surface area contributed by atoms with Crippen LogP contribution in [0.4, 0.5) is 11.4 Å². The number of nitrogens with one attached hydrogen (secondary N) is 2. The van der Waals surface area contributed by atoms with Gasteiger partial charge in [-0.15, -0.1) is 0 Å². The van der Waals surface area contributed by atoms with Gasteiger partial charge < -0.3 is 9.88 Å². The lowest BCUT2D eigenvalue weighted by atomic mass is 10.1. The van der Waals surface area contributed by atoms with Crippen LogP contribution in [-0.4, -0.2) is 29.9 Å². The topological polar surface area (TPSA) is 145 Å². The van der Waals surface area contributed by atoms with Gasteiger partial charge in [-0.25, -0.2) is 9.78 Å². The molecular weight excluding hydrogens is 440 g/mol. The molecule has 0 saturated carbocycles. The highest BCUT2D eigenvalue weighted by Crippen LogP contribution is 2.22. The smallest absolute Gasteiger partial charge is 0.326 e. The number of aromatic nitrogens is 4. The van der Waals surface area contributed by atoms with Crippen molar-refractivity contribution in [2.75, 3.05) is 5.32 Å². The van der Waals surface area contributed by atoms with Crippen molar-refractivity contribution in [1.82, 2.24) is 19.1 Å². The van der Waals surface area contributed by atoms with Crippen molar-refractivity contribution in [1.29, 1.82) is 0 Å². The molecule has 0 aliphatic carbocycles. The molecule has 2 aromatic heterocycles. The van der Waals surface area contributed by atoms with E-state index in [2.05, 4.69) is 15.3 Å². The van der Waals surface area contributed by atoms with Crippen molar-refractivity contribution >= 4 is 28.4 Å². The van der Waals surface area contributed by atoms with Crippen molar-refractivity contribution in [3.8, 4) is 0 Å². The van der Waals surface area contributed by atoms with Gasteiger partial charge in [0.15, 0.2) is 11.2 Å². The zero-order chi connectivity index (χ0) is 25.0. The van der Waals surface area contributed by atoms with Gasteiger partial charge in [0.05, 0.1) is 10.6 Å². The number of nitro groups is 1. The van der Waals surface area contributed by atoms with Crippen molar-refractivity contribution in [2.45, 2.75) is 66.5 Å². The Balaban J connectivity index is 1.92. The molecule has 2 heterocycles. The molecule has 0 saturated heterocycles. The van der Waals surface area contributed by atoms with Crippen molar-refractivity contribution in [3.63, 3.8) is 0 Å². The number of non-ortho nitro benzene ring substituents is 1. The summed E-state index contributed by atoms with van der Waals surface area (Å²) in [6.45, 7) is 8.73. The summed E-state index contributed by atoms with van der Waals surface area (Å²) in [5, 5.41) is 13.8. The van der Waals surface area contributed by atoms with Gasteiger partial charge in [0.25, 0.3) is 11.2 Å². The van der Waals surface area contributed by atoms with E-state index in [0.29, 0.717) is 41.3 Å². The highest BCUT2D eigenvalue weighted by Gasteiger charge is 2.20. The number of nitro benzene ring substituents is 1. The maximum atomic E-state index is 12.7. The largest absolute Gasteiger partial charge is 0.330 e. The molecule has 1 amide bonds. The number of hydrogen-bond acceptors (Lipinski definition) is 6. The standard InChI is InChI=1S/C23H30N6O5/c1-5-6-11-27-21-20(22(31)26-23(27)32)28(13-14(2)3)18(25-21)9-10-19(30)24-17-12-16(29(33)34)8-7-15(17)4/h7-8,12,14H,5-6,9-11,13H2,1-4H3,(H,24,30)(H,26,31,32). The van der Waals surface area contributed by atoms with Gasteiger partial charge in [-0.3, -0.25) is 29.3 Å². The van der Waals surface area contributed by atoms with E-state index in [1.165, 1.54) is 16.7 Å². The number of amides is 1. The maximum absolute atomic E-state index is 12.7. The molecule has 2 N–H and O–H groups in total. The van der Waals surface area contributed by atoms with Crippen LogP contribution < -0.4 is 16.6 Å². The first-order valence-electron chi connectivity index (χ1n) is 11.4. The summed E-state index contributed by atoms with van der Waals surface area (Å²) in [6.07, 6.45) is 1.94. The van der Waals surface area contributed by atoms with Crippen LogP contribution in [0.15, 0.2) is 27.8 Å². The third kappa shape index (κ3) is 5.41. The first-order valence-corrected chi connectivity index (χ1v) is 11.4. The Bertz CT molecular complexity index is 1330. The molecule has 11 nitrogen and oxygen atoms in total. The third-order valence-electron chi connectivity index (χ3n) is 5.53. The van der Waals surface area contributed by atoms with Crippen molar-refractivity contribution in [2.24, 2.45) is 5.92 Å². The van der Waals surface area contributed by atoms with Crippen molar-refractivity contribution in [3.05, 3.63) is 60.5 Å². The molecule has 0 radical (unpaired) electrons. The van der Waals surface area contributed by atoms with E-state index in [1.54, 1.807) is 17.6 Å². The average Bonchev–Trinajstić information content (AvgIpc) is 3.11. The number of anilines is 1. The number of hydrogen-bond donors (Lipinski definition) is 2. The van der Waals surface area contributed by atoms with Crippen LogP contribution in [0.5, 0.6) is 0 Å². The molecule has 0 aliphatic heterocycles. The van der Waals surface area contributed by atoms with Crippen LogP contribution in [0.2, 0.25) is 0 Å². The number of aromatic amines is 1. The van der Waals surface area contributed by atoms with Crippen LogP contribution in [0.1, 0.15) is 51.4 Å². The Kier molecular flexibility index (Phi) is 7.64. The monoisotopic (exact) mass is 470 g/mol. The number of imidazole rings is 1. The van der Waals surface area contributed by atoms with E-state index in [-0.39, 0.29) is 30.4 Å². The Morgan fingerprint density at radius 3 is 2.65 bits per heavy atom. The highest BCUT2D eigenvalue weighted by molar-refractivity contribution is 5.92. The molecule has 182 valence electrons. The van der Waals surface area contributed by atoms with Gasteiger partial charge in [-0.2, -0.15) is 0 Å². The summed E-state index contributed by atoms with van der Waals surface area (Å²) in [6, 6.07) is 4.29. The van der Waals surface area contributed by atoms with Gasteiger partial charge in [-0.1, -0.05) is 33.3 Å². The second-order valence-corrected chi connectivity index (χ2v) is 8.77. The summed E-state index contributed by atoms with van der Waals surface area (Å²) in [5.41, 5.74) is 0.637. The van der Waals surface area contributed by atoms with Gasteiger partial charge in [0.1, 0.15) is 5.82 Å². The van der Waals surface area contributed by atoms with Crippen LogP contribution in [0.25, 0.3) is 11.2 Å². The lowest BCUT2D eigenvalue weighted by Gasteiger charge is -2.12. The zero-order valence-corrected chi connectivity index (χ0v) is 19.9. The Labute approximate surface area is 196 Å². The fraction of sp³-hybridized carbons (Fsp3) is 0.478. The molecule has 0 spiro atoms. The SMILES string of the molecule is CCCCn1c(=O)[nH]c(=O)c2c1nc(CCC(=O)Nc1cc([N+](=O)[O-])ccc1C)n2CC(C)C. The first-order chi connectivity index (χ1) is 16.1. The predicted molar refractivity (Wildman–Crippen MR) is 129 cm³/mol. The number of carbonyl (C=O) groups is 1. The average molecular weight is 471 g/mol. The summed E-state index contributed by atoms with van der Waals surface area (Å²) < 4.78 is 3.26. The molecule has 11 heteroatoms. The molecule has 3 rings (SSSR count). The van der Waals surface area contributed by atoms with Gasteiger partial charge in [0, 0.05) is 38.1 Å². The number of rotatable bonds is 10. The predicted octanol–water partition coefficient (Wildman–Crippen LogP) is 3.13. The normalized spacial score (nSPS) is 11.3. The van der Waals surface area contributed by atoms with Crippen LogP contribution >= 0.6 is 0 Å². The maximum Gasteiger partial charge on any atom is 0.330 e. The van der Waals surface area contributed by atoms with E-state index in [4.69, 9.17) is 0 Å². The highest BCUT2D eigenvalue weighted by atomic mass is 16.6. The minimum absolute atomic E-state index is 0.0562.